The zero-order valence-electron chi connectivity index (χ0n) is 37.4. The number of phosphoric acid groups is 1. The van der Waals surface area contributed by atoms with E-state index in [4.69, 9.17) is 18.5 Å². The molecule has 0 bridgehead atoms. The van der Waals surface area contributed by atoms with E-state index in [0.717, 1.165) is 38.5 Å². The van der Waals surface area contributed by atoms with E-state index < -0.39 is 13.9 Å². The summed E-state index contributed by atoms with van der Waals surface area (Å²) in [5.74, 6) is -0.320. The fourth-order valence-corrected chi connectivity index (χ4v) is 7.02. The largest absolute Gasteiger partial charge is 0.472 e. The van der Waals surface area contributed by atoms with E-state index in [1.165, 1.54) is 141 Å². The molecule has 0 rings (SSSR count). The number of nitrogens with zero attached hydrogens (tertiary/aromatic N) is 1. The number of hydrogen-bond donors (Lipinski definition) is 1. The molecule has 0 aliphatic heterocycles. The normalized spacial score (nSPS) is 14.0. The molecule has 0 amide bonds. The molecule has 0 heterocycles. The van der Waals surface area contributed by atoms with Crippen LogP contribution in [-0.2, 0) is 27.9 Å². The first kappa shape index (κ1) is 54.7. The first-order valence-corrected chi connectivity index (χ1v) is 24.7. The Morgan fingerprint density at radius 3 is 1.50 bits per heavy atom. The minimum atomic E-state index is -4.28. The standard InChI is InChI=1S/C47H90NO7P/c1-6-8-10-12-14-16-18-20-22-23-24-25-26-28-30-32-34-36-38-40-47(49)55-46(45-54-56(50,51)53-43-41-48(3,4)5)44-52-42-39-37-35-33-31-29-27-21-19-17-15-13-11-9-7-2/h14,16,19-22,46H,6-13,15,17-18,23-45H2,1-5H3/p+1/b16-14-,21-19-,22-20-. The lowest BCUT2D eigenvalue weighted by molar-refractivity contribution is -0.870. The van der Waals surface area contributed by atoms with Crippen molar-refractivity contribution in [3.8, 4) is 0 Å². The first-order valence-electron chi connectivity index (χ1n) is 23.2. The second kappa shape index (κ2) is 40.5. The molecule has 0 aromatic carbocycles. The van der Waals surface area contributed by atoms with Gasteiger partial charge in [0.2, 0.25) is 0 Å². The van der Waals surface area contributed by atoms with Crippen molar-refractivity contribution in [2.75, 3.05) is 54.1 Å². The van der Waals surface area contributed by atoms with E-state index >= 15 is 0 Å². The maximum absolute atomic E-state index is 12.7. The molecule has 2 atom stereocenters. The maximum Gasteiger partial charge on any atom is 0.472 e. The Labute approximate surface area is 346 Å². The van der Waals surface area contributed by atoms with Gasteiger partial charge < -0.3 is 18.9 Å². The molecular formula is C47H91NO7P+. The lowest BCUT2D eigenvalue weighted by Crippen LogP contribution is -2.37. The van der Waals surface area contributed by atoms with Gasteiger partial charge in [0.05, 0.1) is 34.4 Å². The molecule has 0 saturated heterocycles. The summed E-state index contributed by atoms with van der Waals surface area (Å²) in [6.07, 6.45) is 47.4. The number of esters is 1. The number of quaternary nitrogens is 1. The zero-order chi connectivity index (χ0) is 41.3. The minimum absolute atomic E-state index is 0.0866. The molecule has 2 unspecified atom stereocenters. The highest BCUT2D eigenvalue weighted by atomic mass is 31.2. The number of carbonyl (C=O) groups is 1. The lowest BCUT2D eigenvalue weighted by Gasteiger charge is -2.24. The Morgan fingerprint density at radius 1 is 0.554 bits per heavy atom. The predicted molar refractivity (Wildman–Crippen MR) is 238 cm³/mol. The van der Waals surface area contributed by atoms with Crippen molar-refractivity contribution >= 4 is 13.8 Å². The topological polar surface area (TPSA) is 91.3 Å². The van der Waals surface area contributed by atoms with Crippen molar-refractivity contribution in [2.24, 2.45) is 0 Å². The van der Waals surface area contributed by atoms with Crippen LogP contribution in [0, 0.1) is 0 Å². The summed E-state index contributed by atoms with van der Waals surface area (Å²) in [7, 11) is 1.66. The SMILES string of the molecule is CCCCC/C=C\C/C=C\CCCCCCCCCCCC(=O)OC(COCCCCCCCC/C=C\CCCCCCC)COP(=O)(O)OCC[N+](C)(C)C. The molecule has 0 saturated carbocycles. The average Bonchev–Trinajstić information content (AvgIpc) is 3.15. The van der Waals surface area contributed by atoms with Crippen molar-refractivity contribution in [3.63, 3.8) is 0 Å². The van der Waals surface area contributed by atoms with Gasteiger partial charge in [-0.2, -0.15) is 0 Å². The molecule has 0 aliphatic carbocycles. The summed E-state index contributed by atoms with van der Waals surface area (Å²) in [5, 5.41) is 0. The second-order valence-electron chi connectivity index (χ2n) is 16.8. The Balaban J connectivity index is 4.21. The van der Waals surface area contributed by atoms with Crippen LogP contribution in [0.15, 0.2) is 36.5 Å². The highest BCUT2D eigenvalue weighted by Crippen LogP contribution is 2.43. The van der Waals surface area contributed by atoms with Crippen molar-refractivity contribution < 1.29 is 37.3 Å². The molecule has 0 radical (unpaired) electrons. The number of unbranched alkanes of at least 4 members (excludes halogenated alkanes) is 23. The van der Waals surface area contributed by atoms with Crippen LogP contribution in [-0.4, -0.2) is 75.6 Å². The third-order valence-corrected chi connectivity index (χ3v) is 10.9. The van der Waals surface area contributed by atoms with E-state index in [-0.39, 0.29) is 25.8 Å². The Morgan fingerprint density at radius 2 is 0.982 bits per heavy atom. The first-order chi connectivity index (χ1) is 27.1. The van der Waals surface area contributed by atoms with Crippen LogP contribution < -0.4 is 0 Å². The number of hydrogen-bond acceptors (Lipinski definition) is 6. The lowest BCUT2D eigenvalue weighted by atomic mass is 10.1. The number of carbonyl (C=O) groups excluding carboxylic acids is 1. The quantitative estimate of drug-likeness (QED) is 0.0215. The predicted octanol–water partition coefficient (Wildman–Crippen LogP) is 13.8. The van der Waals surface area contributed by atoms with Gasteiger partial charge in [0, 0.05) is 13.0 Å². The second-order valence-corrected chi connectivity index (χ2v) is 18.2. The van der Waals surface area contributed by atoms with Crippen LogP contribution in [0.4, 0.5) is 0 Å². The summed E-state index contributed by atoms with van der Waals surface area (Å²) in [6, 6.07) is 0. The molecule has 56 heavy (non-hydrogen) atoms. The summed E-state index contributed by atoms with van der Waals surface area (Å²) >= 11 is 0. The van der Waals surface area contributed by atoms with E-state index in [0.29, 0.717) is 24.1 Å². The average molecular weight is 813 g/mol. The van der Waals surface area contributed by atoms with Crippen LogP contribution in [0.1, 0.15) is 200 Å². The van der Waals surface area contributed by atoms with Crippen LogP contribution >= 0.6 is 7.82 Å². The maximum atomic E-state index is 12.7. The molecular weight excluding hydrogens is 721 g/mol. The summed E-state index contributed by atoms with van der Waals surface area (Å²) < 4.78 is 35.0. The summed E-state index contributed by atoms with van der Waals surface area (Å²) in [4.78, 5) is 22.9. The van der Waals surface area contributed by atoms with Crippen molar-refractivity contribution in [3.05, 3.63) is 36.5 Å². The van der Waals surface area contributed by atoms with E-state index in [2.05, 4.69) is 50.3 Å². The van der Waals surface area contributed by atoms with Crippen molar-refractivity contribution in [2.45, 2.75) is 206 Å². The fraction of sp³-hybridized carbons (Fsp3) is 0.851. The van der Waals surface area contributed by atoms with Gasteiger partial charge in [-0.1, -0.05) is 159 Å². The summed E-state index contributed by atoms with van der Waals surface area (Å²) in [6.45, 7) is 5.59. The molecule has 0 aliphatic rings. The highest BCUT2D eigenvalue weighted by Gasteiger charge is 2.26. The van der Waals surface area contributed by atoms with Gasteiger partial charge in [0.1, 0.15) is 19.3 Å². The van der Waals surface area contributed by atoms with Gasteiger partial charge in [-0.25, -0.2) is 4.57 Å². The molecule has 0 aromatic rings. The third-order valence-electron chi connectivity index (χ3n) is 9.92. The molecule has 330 valence electrons. The molecule has 0 fully saturated rings. The van der Waals surface area contributed by atoms with E-state index in [9.17, 15) is 14.3 Å². The molecule has 1 N–H and O–H groups in total. The van der Waals surface area contributed by atoms with Crippen LogP contribution in [0.2, 0.25) is 0 Å². The van der Waals surface area contributed by atoms with Gasteiger partial charge in [-0.05, 0) is 70.6 Å². The van der Waals surface area contributed by atoms with Gasteiger partial charge >= 0.3 is 13.8 Å². The highest BCUT2D eigenvalue weighted by molar-refractivity contribution is 7.47. The van der Waals surface area contributed by atoms with E-state index in [1.54, 1.807) is 0 Å². The van der Waals surface area contributed by atoms with Gasteiger partial charge in [-0.3, -0.25) is 13.8 Å². The van der Waals surface area contributed by atoms with Gasteiger partial charge in [0.25, 0.3) is 0 Å². The summed E-state index contributed by atoms with van der Waals surface area (Å²) in [5.41, 5.74) is 0. The van der Waals surface area contributed by atoms with Crippen LogP contribution in [0.25, 0.3) is 0 Å². The third kappa shape index (κ3) is 43.8. The monoisotopic (exact) mass is 813 g/mol. The molecule has 9 heteroatoms. The van der Waals surface area contributed by atoms with E-state index in [1.807, 2.05) is 21.1 Å². The smallest absolute Gasteiger partial charge is 0.457 e. The van der Waals surface area contributed by atoms with Crippen molar-refractivity contribution in [1.29, 1.82) is 0 Å². The number of likely N-dealkylation sites (N-methyl/N-ethyl adjacent to an activating group) is 1. The zero-order valence-corrected chi connectivity index (χ0v) is 38.3. The van der Waals surface area contributed by atoms with Gasteiger partial charge in [-0.15, -0.1) is 0 Å². The Kier molecular flexibility index (Phi) is 39.6. The number of allylic oxidation sites excluding steroid dienone is 6. The number of ether oxygens (including phenoxy) is 2. The Hall–Kier alpha value is -1.28. The number of rotatable bonds is 43. The van der Waals surface area contributed by atoms with Crippen LogP contribution in [0.3, 0.4) is 0 Å². The minimum Gasteiger partial charge on any atom is -0.457 e. The molecule has 8 nitrogen and oxygen atoms in total. The molecule has 0 aromatic heterocycles. The van der Waals surface area contributed by atoms with Gasteiger partial charge in [0.15, 0.2) is 0 Å². The molecule has 0 spiro atoms. The Bertz CT molecular complexity index is 994. The van der Waals surface area contributed by atoms with Crippen molar-refractivity contribution in [1.82, 2.24) is 0 Å². The number of phosphoric ester groups is 1. The fourth-order valence-electron chi connectivity index (χ4n) is 6.28. The van der Waals surface area contributed by atoms with Crippen LogP contribution in [0.5, 0.6) is 0 Å².